The van der Waals surface area contributed by atoms with Crippen molar-refractivity contribution < 1.29 is 10.2 Å². The number of hydrogen-bond acceptors (Lipinski definition) is 3. The van der Waals surface area contributed by atoms with Gasteiger partial charge in [-0.05, 0) is 42.4 Å². The zero-order chi connectivity index (χ0) is 13.6. The largest absolute Gasteiger partial charge is 0.394 e. The van der Waals surface area contributed by atoms with Crippen LogP contribution in [0.5, 0.6) is 0 Å². The molecule has 0 aromatic rings. The number of aliphatic hydroxyl groups excluding tert-OH is 2. The van der Waals surface area contributed by atoms with Crippen LogP contribution < -0.4 is 5.32 Å². The molecule has 0 aromatic carbocycles. The predicted molar refractivity (Wildman–Crippen MR) is 73.3 cm³/mol. The molecule has 0 spiro atoms. The lowest BCUT2D eigenvalue weighted by Gasteiger charge is -2.44. The number of fused-ring (bicyclic) bond motifs is 2. The fourth-order valence-electron chi connectivity index (χ4n) is 4.26. The number of nitrogens with one attached hydrogen (secondary N) is 1. The molecule has 0 heterocycles. The van der Waals surface area contributed by atoms with E-state index in [0.717, 1.165) is 12.3 Å². The molecule has 0 aliphatic heterocycles. The molecule has 0 saturated heterocycles. The van der Waals surface area contributed by atoms with Crippen LogP contribution in [0.3, 0.4) is 0 Å². The van der Waals surface area contributed by atoms with E-state index in [4.69, 9.17) is 0 Å². The van der Waals surface area contributed by atoms with E-state index >= 15 is 0 Å². The zero-order valence-electron chi connectivity index (χ0n) is 12.3. The minimum atomic E-state index is -0.506. The smallest absolute Gasteiger partial charge is 0.0647 e. The van der Waals surface area contributed by atoms with E-state index in [-0.39, 0.29) is 13.2 Å². The van der Waals surface area contributed by atoms with E-state index in [1.807, 2.05) is 6.92 Å². The van der Waals surface area contributed by atoms with Crippen LogP contribution in [0.15, 0.2) is 0 Å². The fraction of sp³-hybridized carbons (Fsp3) is 1.00. The van der Waals surface area contributed by atoms with E-state index in [9.17, 15) is 10.2 Å². The number of hydrogen-bond donors (Lipinski definition) is 3. The second-order valence-electron chi connectivity index (χ2n) is 7.26. The SMILES string of the molecule is CCC(CO)(CO)NC1CC2CCC1(C)C2(C)C. The molecule has 2 saturated carbocycles. The molecule has 2 rings (SSSR count). The second-order valence-corrected chi connectivity index (χ2v) is 7.26. The van der Waals surface area contributed by atoms with Crippen LogP contribution in [0.4, 0.5) is 0 Å². The highest BCUT2D eigenvalue weighted by atomic mass is 16.3. The summed E-state index contributed by atoms with van der Waals surface area (Å²) in [5.74, 6) is 0.784. The highest BCUT2D eigenvalue weighted by molar-refractivity contribution is 5.14. The predicted octanol–water partition coefficient (Wildman–Crippen LogP) is 1.92. The average Bonchev–Trinajstić information content (AvgIpc) is 2.69. The Morgan fingerprint density at radius 2 is 1.83 bits per heavy atom. The van der Waals surface area contributed by atoms with Gasteiger partial charge in [0.25, 0.3) is 0 Å². The third-order valence-electron chi connectivity index (χ3n) is 6.56. The van der Waals surface area contributed by atoms with E-state index in [1.54, 1.807) is 0 Å². The Morgan fingerprint density at radius 1 is 1.22 bits per heavy atom. The molecular formula is C15H29NO2. The maximum atomic E-state index is 9.60. The lowest BCUT2D eigenvalue weighted by Crippen LogP contribution is -2.59. The summed E-state index contributed by atoms with van der Waals surface area (Å²) in [6.07, 6.45) is 4.54. The monoisotopic (exact) mass is 255 g/mol. The van der Waals surface area contributed by atoms with Crippen LogP contribution in [0, 0.1) is 16.7 Å². The Hall–Kier alpha value is -0.120. The van der Waals surface area contributed by atoms with Gasteiger partial charge in [-0.3, -0.25) is 0 Å². The van der Waals surface area contributed by atoms with Gasteiger partial charge in [-0.2, -0.15) is 0 Å². The molecule has 3 nitrogen and oxygen atoms in total. The lowest BCUT2D eigenvalue weighted by atomic mass is 9.68. The number of rotatable bonds is 5. The van der Waals surface area contributed by atoms with Crippen LogP contribution in [0.1, 0.15) is 53.4 Å². The van der Waals surface area contributed by atoms with Crippen molar-refractivity contribution in [2.24, 2.45) is 16.7 Å². The summed E-state index contributed by atoms with van der Waals surface area (Å²) in [5, 5.41) is 22.8. The highest BCUT2D eigenvalue weighted by Gasteiger charge is 2.61. The summed E-state index contributed by atoms with van der Waals surface area (Å²) < 4.78 is 0. The molecule has 0 aromatic heterocycles. The maximum Gasteiger partial charge on any atom is 0.0647 e. The fourth-order valence-corrected chi connectivity index (χ4v) is 4.26. The maximum absolute atomic E-state index is 9.60. The van der Waals surface area contributed by atoms with Crippen molar-refractivity contribution >= 4 is 0 Å². The molecule has 3 atom stereocenters. The topological polar surface area (TPSA) is 52.5 Å². The lowest BCUT2D eigenvalue weighted by molar-refractivity contribution is 0.0421. The molecule has 3 heteroatoms. The van der Waals surface area contributed by atoms with Crippen LogP contribution in [0.25, 0.3) is 0 Å². The van der Waals surface area contributed by atoms with Gasteiger partial charge in [-0.1, -0.05) is 27.7 Å². The first-order valence-corrected chi connectivity index (χ1v) is 7.34. The van der Waals surface area contributed by atoms with Gasteiger partial charge in [0, 0.05) is 6.04 Å². The van der Waals surface area contributed by atoms with Gasteiger partial charge in [-0.15, -0.1) is 0 Å². The molecule has 3 N–H and O–H groups in total. The van der Waals surface area contributed by atoms with Crippen molar-refractivity contribution in [2.45, 2.75) is 65.0 Å². The minimum Gasteiger partial charge on any atom is -0.394 e. The zero-order valence-corrected chi connectivity index (χ0v) is 12.3. The van der Waals surface area contributed by atoms with Crippen molar-refractivity contribution in [3.63, 3.8) is 0 Å². The van der Waals surface area contributed by atoms with Gasteiger partial charge in [0.2, 0.25) is 0 Å². The van der Waals surface area contributed by atoms with E-state index in [0.29, 0.717) is 16.9 Å². The molecule has 2 fully saturated rings. The normalized spacial score (nSPS) is 38.3. The third kappa shape index (κ3) is 1.75. The van der Waals surface area contributed by atoms with Crippen LogP contribution in [-0.4, -0.2) is 35.0 Å². The quantitative estimate of drug-likeness (QED) is 0.703. The van der Waals surface area contributed by atoms with Crippen LogP contribution >= 0.6 is 0 Å². The van der Waals surface area contributed by atoms with E-state index < -0.39 is 5.54 Å². The van der Waals surface area contributed by atoms with Crippen molar-refractivity contribution in [1.29, 1.82) is 0 Å². The molecule has 2 aliphatic rings. The van der Waals surface area contributed by atoms with Gasteiger partial charge in [-0.25, -0.2) is 0 Å². The Bertz CT molecular complexity index is 303. The number of aliphatic hydroxyl groups is 2. The molecule has 3 unspecified atom stereocenters. The molecular weight excluding hydrogens is 226 g/mol. The third-order valence-corrected chi connectivity index (χ3v) is 6.56. The van der Waals surface area contributed by atoms with Gasteiger partial charge >= 0.3 is 0 Å². The molecule has 0 amide bonds. The van der Waals surface area contributed by atoms with Gasteiger partial charge in [0.05, 0.1) is 18.8 Å². The van der Waals surface area contributed by atoms with Crippen LogP contribution in [0.2, 0.25) is 0 Å². The summed E-state index contributed by atoms with van der Waals surface area (Å²) in [4.78, 5) is 0. The van der Waals surface area contributed by atoms with Crippen molar-refractivity contribution in [1.82, 2.24) is 5.32 Å². The first-order valence-electron chi connectivity index (χ1n) is 7.34. The molecule has 0 radical (unpaired) electrons. The summed E-state index contributed by atoms with van der Waals surface area (Å²) in [5.41, 5.74) is 0.158. The van der Waals surface area contributed by atoms with Gasteiger partial charge in [0.15, 0.2) is 0 Å². The highest BCUT2D eigenvalue weighted by Crippen LogP contribution is 2.65. The second kappa shape index (κ2) is 4.46. The molecule has 2 aliphatic carbocycles. The Labute approximate surface area is 111 Å². The van der Waals surface area contributed by atoms with Crippen LogP contribution in [-0.2, 0) is 0 Å². The molecule has 18 heavy (non-hydrogen) atoms. The summed E-state index contributed by atoms with van der Waals surface area (Å²) in [6, 6.07) is 0.422. The molecule has 2 bridgehead atoms. The van der Waals surface area contributed by atoms with Gasteiger partial charge in [0.1, 0.15) is 0 Å². The standard InChI is InChI=1S/C15H29NO2/c1-5-15(9-17,10-18)16-12-8-11-6-7-14(12,4)13(11,2)3/h11-12,16-18H,5-10H2,1-4H3. The Kier molecular flexibility index (Phi) is 3.54. The minimum absolute atomic E-state index is 0.0116. The van der Waals surface area contributed by atoms with E-state index in [1.165, 1.54) is 19.3 Å². The first-order chi connectivity index (χ1) is 8.35. The van der Waals surface area contributed by atoms with Crippen molar-refractivity contribution in [2.75, 3.05) is 13.2 Å². The summed E-state index contributed by atoms with van der Waals surface area (Å²) in [6.45, 7) is 9.21. The Balaban J connectivity index is 2.17. The van der Waals surface area contributed by atoms with Crippen molar-refractivity contribution in [3.8, 4) is 0 Å². The molecule has 106 valence electrons. The summed E-state index contributed by atoms with van der Waals surface area (Å²) in [7, 11) is 0. The summed E-state index contributed by atoms with van der Waals surface area (Å²) >= 11 is 0. The van der Waals surface area contributed by atoms with Gasteiger partial charge < -0.3 is 15.5 Å². The Morgan fingerprint density at radius 3 is 2.17 bits per heavy atom. The average molecular weight is 255 g/mol. The first kappa shape index (κ1) is 14.3. The van der Waals surface area contributed by atoms with E-state index in [2.05, 4.69) is 26.1 Å². The van der Waals surface area contributed by atoms with Crippen molar-refractivity contribution in [3.05, 3.63) is 0 Å².